The highest BCUT2D eigenvalue weighted by Crippen LogP contribution is 2.23. The van der Waals surface area contributed by atoms with Crippen LogP contribution in [-0.2, 0) is 0 Å². The van der Waals surface area contributed by atoms with Gasteiger partial charge in [-0.15, -0.1) is 0 Å². The standard InChI is InChI=1S/C20H20N4O2/c1-20(2,3)18(25)13-6-9-15-16(10-13)22-11-17(23-15)24-19(26)12-4-7-14(21)8-5-12/h4-11H,21H2,1-3H3,(H,23,24,26). The zero-order valence-electron chi connectivity index (χ0n) is 14.9. The Morgan fingerprint density at radius 2 is 1.62 bits per heavy atom. The van der Waals surface area contributed by atoms with E-state index in [-0.39, 0.29) is 11.7 Å². The van der Waals surface area contributed by atoms with Gasteiger partial charge in [-0.05, 0) is 42.5 Å². The third kappa shape index (κ3) is 3.69. The van der Waals surface area contributed by atoms with Crippen molar-refractivity contribution in [2.24, 2.45) is 5.41 Å². The van der Waals surface area contributed by atoms with Gasteiger partial charge in [-0.25, -0.2) is 4.98 Å². The Morgan fingerprint density at radius 1 is 0.962 bits per heavy atom. The molecule has 6 nitrogen and oxygen atoms in total. The molecule has 3 rings (SSSR count). The lowest BCUT2D eigenvalue weighted by atomic mass is 9.86. The van der Waals surface area contributed by atoms with E-state index in [1.807, 2.05) is 20.8 Å². The number of ketones is 1. The Balaban J connectivity index is 1.84. The molecule has 6 heteroatoms. The van der Waals surface area contributed by atoms with Crippen molar-refractivity contribution in [3.8, 4) is 0 Å². The van der Waals surface area contributed by atoms with Crippen molar-refractivity contribution < 1.29 is 9.59 Å². The van der Waals surface area contributed by atoms with Crippen LogP contribution in [0.2, 0.25) is 0 Å². The van der Waals surface area contributed by atoms with Crippen molar-refractivity contribution in [2.75, 3.05) is 11.1 Å². The van der Waals surface area contributed by atoms with Gasteiger partial charge in [-0.2, -0.15) is 0 Å². The maximum Gasteiger partial charge on any atom is 0.256 e. The lowest BCUT2D eigenvalue weighted by molar-refractivity contribution is 0.0858. The number of carbonyl (C=O) groups is 2. The van der Waals surface area contributed by atoms with E-state index in [4.69, 9.17) is 5.73 Å². The molecule has 3 N–H and O–H groups in total. The smallest absolute Gasteiger partial charge is 0.256 e. The van der Waals surface area contributed by atoms with Gasteiger partial charge in [0, 0.05) is 22.2 Å². The first-order chi connectivity index (χ1) is 12.2. The minimum atomic E-state index is -0.464. The van der Waals surface area contributed by atoms with Gasteiger partial charge in [0.25, 0.3) is 5.91 Å². The van der Waals surface area contributed by atoms with E-state index >= 15 is 0 Å². The number of nitrogen functional groups attached to an aromatic ring is 1. The molecule has 0 unspecified atom stereocenters. The van der Waals surface area contributed by atoms with Gasteiger partial charge in [0.05, 0.1) is 17.2 Å². The molecule has 0 spiro atoms. The fourth-order valence-electron chi connectivity index (χ4n) is 2.47. The van der Waals surface area contributed by atoms with Crippen molar-refractivity contribution in [3.05, 3.63) is 59.8 Å². The Hall–Kier alpha value is -3.28. The van der Waals surface area contributed by atoms with E-state index in [9.17, 15) is 9.59 Å². The topological polar surface area (TPSA) is 98.0 Å². The van der Waals surface area contributed by atoms with Crippen LogP contribution in [0.5, 0.6) is 0 Å². The van der Waals surface area contributed by atoms with Gasteiger partial charge < -0.3 is 11.1 Å². The van der Waals surface area contributed by atoms with E-state index < -0.39 is 5.41 Å². The molecule has 2 aromatic carbocycles. The molecule has 0 aliphatic heterocycles. The van der Waals surface area contributed by atoms with Gasteiger partial charge in [0.15, 0.2) is 11.6 Å². The highest BCUT2D eigenvalue weighted by molar-refractivity contribution is 6.04. The van der Waals surface area contributed by atoms with Gasteiger partial charge in [0.2, 0.25) is 0 Å². The van der Waals surface area contributed by atoms with Crippen molar-refractivity contribution in [1.82, 2.24) is 9.97 Å². The number of carbonyl (C=O) groups excluding carboxylic acids is 2. The first-order valence-electron chi connectivity index (χ1n) is 8.22. The second-order valence-corrected chi connectivity index (χ2v) is 7.11. The zero-order chi connectivity index (χ0) is 18.9. The zero-order valence-corrected chi connectivity index (χ0v) is 14.9. The maximum atomic E-state index is 12.4. The number of nitrogens with zero attached hydrogens (tertiary/aromatic N) is 2. The predicted molar refractivity (Wildman–Crippen MR) is 102 cm³/mol. The van der Waals surface area contributed by atoms with Crippen LogP contribution in [0.15, 0.2) is 48.7 Å². The first-order valence-corrected chi connectivity index (χ1v) is 8.22. The van der Waals surface area contributed by atoms with E-state index in [1.165, 1.54) is 6.20 Å². The van der Waals surface area contributed by atoms with Crippen molar-refractivity contribution >= 4 is 34.2 Å². The van der Waals surface area contributed by atoms with Crippen molar-refractivity contribution in [3.63, 3.8) is 0 Å². The summed E-state index contributed by atoms with van der Waals surface area (Å²) in [4.78, 5) is 33.3. The average Bonchev–Trinajstić information content (AvgIpc) is 2.60. The molecule has 0 aliphatic rings. The molecule has 26 heavy (non-hydrogen) atoms. The number of hydrogen-bond acceptors (Lipinski definition) is 5. The highest BCUT2D eigenvalue weighted by atomic mass is 16.1. The third-order valence-electron chi connectivity index (χ3n) is 3.90. The predicted octanol–water partition coefficient (Wildman–Crippen LogP) is 3.69. The lowest BCUT2D eigenvalue weighted by Crippen LogP contribution is -2.20. The van der Waals surface area contributed by atoms with Crippen LogP contribution in [0.3, 0.4) is 0 Å². The molecule has 0 aliphatic carbocycles. The molecule has 0 bridgehead atoms. The summed E-state index contributed by atoms with van der Waals surface area (Å²) >= 11 is 0. The summed E-state index contributed by atoms with van der Waals surface area (Å²) < 4.78 is 0. The van der Waals surface area contributed by atoms with Crippen LogP contribution >= 0.6 is 0 Å². The Kier molecular flexibility index (Phi) is 4.42. The molecule has 132 valence electrons. The van der Waals surface area contributed by atoms with E-state index in [2.05, 4.69) is 15.3 Å². The molecule has 1 amide bonds. The number of benzene rings is 2. The normalized spacial score (nSPS) is 11.3. The molecule has 0 saturated carbocycles. The largest absolute Gasteiger partial charge is 0.399 e. The number of fused-ring (bicyclic) bond motifs is 1. The van der Waals surface area contributed by atoms with Gasteiger partial charge in [-0.3, -0.25) is 14.6 Å². The first kappa shape index (κ1) is 17.5. The van der Waals surface area contributed by atoms with Crippen LogP contribution in [0.4, 0.5) is 11.5 Å². The maximum absolute atomic E-state index is 12.4. The van der Waals surface area contributed by atoms with Gasteiger partial charge in [0.1, 0.15) is 0 Å². The molecule has 1 aromatic heterocycles. The monoisotopic (exact) mass is 348 g/mol. The fraction of sp³-hybridized carbons (Fsp3) is 0.200. The Labute approximate surface area is 151 Å². The summed E-state index contributed by atoms with van der Waals surface area (Å²) in [5, 5.41) is 2.71. The number of anilines is 2. The quantitative estimate of drug-likeness (QED) is 0.555. The summed E-state index contributed by atoms with van der Waals surface area (Å²) in [5.74, 6) is 0.0920. The summed E-state index contributed by atoms with van der Waals surface area (Å²) in [6.07, 6.45) is 1.48. The summed E-state index contributed by atoms with van der Waals surface area (Å²) in [6.45, 7) is 5.63. The molecule has 1 heterocycles. The summed E-state index contributed by atoms with van der Waals surface area (Å²) in [5.41, 5.74) is 8.03. The van der Waals surface area contributed by atoms with Crippen LogP contribution in [0.1, 0.15) is 41.5 Å². The highest BCUT2D eigenvalue weighted by Gasteiger charge is 2.23. The van der Waals surface area contributed by atoms with Gasteiger partial charge in [-0.1, -0.05) is 20.8 Å². The number of hydrogen-bond donors (Lipinski definition) is 2. The van der Waals surface area contributed by atoms with Crippen LogP contribution in [0.25, 0.3) is 11.0 Å². The number of nitrogens with one attached hydrogen (secondary N) is 1. The number of aromatic nitrogens is 2. The molecular formula is C20H20N4O2. The molecular weight excluding hydrogens is 328 g/mol. The summed E-state index contributed by atoms with van der Waals surface area (Å²) in [7, 11) is 0. The summed E-state index contributed by atoms with van der Waals surface area (Å²) in [6, 6.07) is 11.8. The van der Waals surface area contributed by atoms with E-state index in [0.717, 1.165) is 0 Å². The third-order valence-corrected chi connectivity index (χ3v) is 3.90. The number of nitrogens with two attached hydrogens (primary N) is 1. The molecule has 0 fully saturated rings. The molecule has 3 aromatic rings. The number of rotatable bonds is 3. The van der Waals surface area contributed by atoms with Gasteiger partial charge >= 0.3 is 0 Å². The van der Waals surface area contributed by atoms with Crippen molar-refractivity contribution in [2.45, 2.75) is 20.8 Å². The SMILES string of the molecule is CC(C)(C)C(=O)c1ccc2nc(NC(=O)c3ccc(N)cc3)cnc2c1. The Bertz CT molecular complexity index is 989. The molecule has 0 atom stereocenters. The lowest BCUT2D eigenvalue weighted by Gasteiger charge is -2.16. The minimum Gasteiger partial charge on any atom is -0.399 e. The van der Waals surface area contributed by atoms with E-state index in [0.29, 0.717) is 33.7 Å². The fourth-order valence-corrected chi connectivity index (χ4v) is 2.47. The van der Waals surface area contributed by atoms with Crippen molar-refractivity contribution in [1.29, 1.82) is 0 Å². The molecule has 0 radical (unpaired) electrons. The minimum absolute atomic E-state index is 0.0435. The van der Waals surface area contributed by atoms with Crippen LogP contribution in [-0.4, -0.2) is 21.7 Å². The van der Waals surface area contributed by atoms with Crippen LogP contribution in [0, 0.1) is 5.41 Å². The van der Waals surface area contributed by atoms with E-state index in [1.54, 1.807) is 42.5 Å². The number of amides is 1. The average molecular weight is 348 g/mol. The number of Topliss-reactive ketones (excluding diaryl/α,β-unsaturated/α-hetero) is 1. The Morgan fingerprint density at radius 3 is 2.27 bits per heavy atom. The molecule has 0 saturated heterocycles. The second kappa shape index (κ2) is 6.55. The second-order valence-electron chi connectivity index (χ2n) is 7.11. The van der Waals surface area contributed by atoms with Crippen LogP contribution < -0.4 is 11.1 Å².